The standard InChI is InChI=1S/C3H6AsF3/c4-2-1-3(5,6)7/h1-2,4H2. The van der Waals surface area contributed by atoms with Gasteiger partial charge in [-0.25, -0.2) is 0 Å². The average molecular weight is 174 g/mol. The van der Waals surface area contributed by atoms with Crippen LogP contribution >= 0.6 is 0 Å². The van der Waals surface area contributed by atoms with E-state index in [0.717, 1.165) is 16.9 Å². The van der Waals surface area contributed by atoms with Crippen LogP contribution in [-0.4, -0.2) is 23.0 Å². The molecule has 0 nitrogen and oxygen atoms in total. The zero-order valence-electron chi connectivity index (χ0n) is 3.63. The molecule has 0 spiro atoms. The van der Waals surface area contributed by atoms with Crippen LogP contribution in [0.4, 0.5) is 13.2 Å². The Morgan fingerprint density at radius 3 is 1.71 bits per heavy atom. The maximum absolute atomic E-state index is 11.1. The summed E-state index contributed by atoms with van der Waals surface area (Å²) in [4.78, 5) is 0. The van der Waals surface area contributed by atoms with Crippen molar-refractivity contribution in [2.45, 2.75) is 17.8 Å². The van der Waals surface area contributed by atoms with Crippen LogP contribution in [0.1, 0.15) is 6.42 Å². The Bertz CT molecular complexity index is 48.6. The van der Waals surface area contributed by atoms with Crippen molar-refractivity contribution in [1.82, 2.24) is 0 Å². The first-order valence-corrected chi connectivity index (χ1v) is 3.54. The number of hydrogen-bond donors (Lipinski definition) is 0. The van der Waals surface area contributed by atoms with Crippen molar-refractivity contribution >= 4 is 16.9 Å². The Balaban J connectivity index is 3.15. The number of hydrogen-bond acceptors (Lipinski definition) is 0. The average Bonchev–Trinajstić information content (AvgIpc) is 1.30. The normalized spacial score (nSPS) is 12.0. The molecular weight excluding hydrogens is 168 g/mol. The Hall–Kier alpha value is 0.348. The van der Waals surface area contributed by atoms with Crippen LogP contribution in [0.25, 0.3) is 0 Å². The van der Waals surface area contributed by atoms with E-state index in [1.807, 2.05) is 0 Å². The van der Waals surface area contributed by atoms with Crippen LogP contribution in [0.2, 0.25) is 5.21 Å². The summed E-state index contributed by atoms with van der Waals surface area (Å²) in [7, 11) is 0. The third kappa shape index (κ3) is 6.35. The summed E-state index contributed by atoms with van der Waals surface area (Å²) in [6.07, 6.45) is -4.57. The van der Waals surface area contributed by atoms with E-state index in [1.165, 1.54) is 0 Å². The van der Waals surface area contributed by atoms with Gasteiger partial charge in [0.15, 0.2) is 0 Å². The van der Waals surface area contributed by atoms with E-state index in [4.69, 9.17) is 0 Å². The van der Waals surface area contributed by atoms with Crippen molar-refractivity contribution in [3.05, 3.63) is 0 Å². The van der Waals surface area contributed by atoms with Crippen LogP contribution < -0.4 is 0 Å². The quantitative estimate of drug-likeness (QED) is 0.520. The molecule has 44 valence electrons. The Morgan fingerprint density at radius 1 is 1.29 bits per heavy atom. The van der Waals surface area contributed by atoms with Gasteiger partial charge in [0.05, 0.1) is 0 Å². The van der Waals surface area contributed by atoms with E-state index in [-0.39, 0.29) is 5.21 Å². The molecule has 0 saturated carbocycles. The van der Waals surface area contributed by atoms with Crippen LogP contribution in [0, 0.1) is 0 Å². The molecule has 0 aromatic heterocycles. The van der Waals surface area contributed by atoms with E-state index < -0.39 is 12.6 Å². The molecule has 1 unspecified atom stereocenters. The van der Waals surface area contributed by atoms with Crippen molar-refractivity contribution < 1.29 is 13.2 Å². The van der Waals surface area contributed by atoms with Crippen molar-refractivity contribution in [3.63, 3.8) is 0 Å². The minimum absolute atomic E-state index is 0.247. The summed E-state index contributed by atoms with van der Waals surface area (Å²) in [6.45, 7) is 0. The van der Waals surface area contributed by atoms with Gasteiger partial charge < -0.3 is 0 Å². The Kier molecular flexibility index (Phi) is 2.74. The molecular formula is C3H6AsF3. The fraction of sp³-hybridized carbons (Fsp3) is 1.00. The molecule has 0 aromatic carbocycles. The predicted octanol–water partition coefficient (Wildman–Crippen LogP) is 0.990. The zero-order chi connectivity index (χ0) is 5.91. The first-order valence-electron chi connectivity index (χ1n) is 1.83. The first kappa shape index (κ1) is 7.35. The summed E-state index contributed by atoms with van der Waals surface area (Å²) in [5.41, 5.74) is 0. The molecule has 7 heavy (non-hydrogen) atoms. The maximum atomic E-state index is 11.1. The fourth-order valence-electron chi connectivity index (χ4n) is 0.164. The molecule has 0 bridgehead atoms. The molecule has 0 rings (SSSR count). The molecule has 0 saturated heterocycles. The summed E-state index contributed by atoms with van der Waals surface area (Å²) >= 11 is 1.12. The minimum atomic E-state index is -3.93. The van der Waals surface area contributed by atoms with Crippen LogP contribution in [0.15, 0.2) is 0 Å². The van der Waals surface area contributed by atoms with Crippen LogP contribution in [-0.2, 0) is 0 Å². The van der Waals surface area contributed by atoms with Gasteiger partial charge in [0.1, 0.15) is 0 Å². The summed E-state index contributed by atoms with van der Waals surface area (Å²) in [5, 5.41) is 0.247. The van der Waals surface area contributed by atoms with E-state index in [2.05, 4.69) is 0 Å². The van der Waals surface area contributed by atoms with Gasteiger partial charge >= 0.3 is 47.8 Å². The summed E-state index contributed by atoms with van der Waals surface area (Å²) in [5.74, 6) is 0. The molecule has 0 aliphatic rings. The van der Waals surface area contributed by atoms with Gasteiger partial charge in [0, 0.05) is 0 Å². The third-order valence-electron chi connectivity index (χ3n) is 0.428. The summed E-state index contributed by atoms with van der Waals surface area (Å²) in [6, 6.07) is 0. The molecule has 0 aliphatic carbocycles. The molecule has 1 atom stereocenters. The van der Waals surface area contributed by atoms with Gasteiger partial charge in [0.25, 0.3) is 0 Å². The van der Waals surface area contributed by atoms with Crippen molar-refractivity contribution in [2.75, 3.05) is 0 Å². The fourth-order valence-corrected chi connectivity index (χ4v) is 0.850. The predicted molar refractivity (Wildman–Crippen MR) is 24.0 cm³/mol. The van der Waals surface area contributed by atoms with Gasteiger partial charge in [0.2, 0.25) is 0 Å². The van der Waals surface area contributed by atoms with Gasteiger partial charge in [-0.2, -0.15) is 0 Å². The SMILES string of the molecule is FC(F)(F)CC[AsH2]. The van der Waals surface area contributed by atoms with Gasteiger partial charge in [-0.15, -0.1) is 0 Å². The topological polar surface area (TPSA) is 0 Å². The second-order valence-electron chi connectivity index (χ2n) is 1.15. The monoisotopic (exact) mass is 174 g/mol. The van der Waals surface area contributed by atoms with E-state index in [0.29, 0.717) is 0 Å². The van der Waals surface area contributed by atoms with Crippen molar-refractivity contribution in [3.8, 4) is 0 Å². The first-order chi connectivity index (χ1) is 3.06. The van der Waals surface area contributed by atoms with Crippen LogP contribution in [0.3, 0.4) is 0 Å². The summed E-state index contributed by atoms with van der Waals surface area (Å²) < 4.78 is 33.2. The van der Waals surface area contributed by atoms with Crippen molar-refractivity contribution in [1.29, 1.82) is 0 Å². The second-order valence-corrected chi connectivity index (χ2v) is 2.37. The van der Waals surface area contributed by atoms with Crippen LogP contribution in [0.5, 0.6) is 0 Å². The van der Waals surface area contributed by atoms with Gasteiger partial charge in [-0.05, 0) is 0 Å². The zero-order valence-corrected chi connectivity index (χ0v) is 6.05. The van der Waals surface area contributed by atoms with Gasteiger partial charge in [-0.1, -0.05) is 0 Å². The van der Waals surface area contributed by atoms with Gasteiger partial charge in [-0.3, -0.25) is 0 Å². The van der Waals surface area contributed by atoms with E-state index >= 15 is 0 Å². The molecule has 4 heteroatoms. The Labute approximate surface area is 48.6 Å². The third-order valence-corrected chi connectivity index (χ3v) is 1.03. The molecule has 0 aromatic rings. The molecule has 0 aliphatic heterocycles. The molecule has 0 amide bonds. The van der Waals surface area contributed by atoms with E-state index in [9.17, 15) is 13.2 Å². The second kappa shape index (κ2) is 2.61. The number of alkyl halides is 3. The van der Waals surface area contributed by atoms with E-state index in [1.54, 1.807) is 0 Å². The number of rotatable bonds is 1. The van der Waals surface area contributed by atoms with Crippen molar-refractivity contribution in [2.24, 2.45) is 0 Å². The molecule has 0 radical (unpaired) electrons. The molecule has 0 N–H and O–H groups in total. The number of halogens is 3. The molecule has 0 fully saturated rings. The Morgan fingerprint density at radius 2 is 1.71 bits per heavy atom. The molecule has 0 heterocycles.